The summed E-state index contributed by atoms with van der Waals surface area (Å²) in [6.45, 7) is 3.95. The Hall–Kier alpha value is -1.69. The molecule has 1 unspecified atom stereocenters. The van der Waals surface area contributed by atoms with Gasteiger partial charge < -0.3 is 10.3 Å². The van der Waals surface area contributed by atoms with Crippen molar-refractivity contribution in [3.05, 3.63) is 33.3 Å². The van der Waals surface area contributed by atoms with Crippen LogP contribution in [0.4, 0.5) is 0 Å². The van der Waals surface area contributed by atoms with Gasteiger partial charge in [0.05, 0.1) is 35.2 Å². The minimum atomic E-state index is 0.0173. The molecule has 2 aromatic rings. The van der Waals surface area contributed by atoms with E-state index in [4.69, 9.17) is 0 Å². The monoisotopic (exact) mass is 290 g/mol. The quantitative estimate of drug-likeness (QED) is 0.910. The van der Waals surface area contributed by atoms with Gasteiger partial charge in [0.25, 0.3) is 0 Å². The van der Waals surface area contributed by atoms with Crippen molar-refractivity contribution in [2.24, 2.45) is 0 Å². The van der Waals surface area contributed by atoms with E-state index in [-0.39, 0.29) is 11.9 Å². The second-order valence-corrected chi connectivity index (χ2v) is 6.49. The third-order valence-electron chi connectivity index (χ3n) is 3.66. The number of nitrogens with one attached hydrogen (secondary N) is 2. The molecule has 2 heterocycles. The van der Waals surface area contributed by atoms with Crippen LogP contribution in [0.15, 0.2) is 6.33 Å². The number of carbonyl (C=O) groups excluding carboxylic acids is 1. The number of amides is 1. The highest BCUT2D eigenvalue weighted by atomic mass is 32.1. The lowest BCUT2D eigenvalue weighted by atomic mass is 9.97. The summed E-state index contributed by atoms with van der Waals surface area (Å²) in [6.07, 6.45) is 5.12. The number of nitrogens with zero attached hydrogens (tertiary/aromatic N) is 2. The lowest BCUT2D eigenvalue weighted by Crippen LogP contribution is -2.32. The summed E-state index contributed by atoms with van der Waals surface area (Å²) in [7, 11) is 0. The van der Waals surface area contributed by atoms with Crippen LogP contribution in [0, 0.1) is 13.8 Å². The summed E-state index contributed by atoms with van der Waals surface area (Å²) in [4.78, 5) is 25.2. The molecule has 2 N–H and O–H groups in total. The van der Waals surface area contributed by atoms with Gasteiger partial charge in [-0.1, -0.05) is 0 Å². The lowest BCUT2D eigenvalue weighted by molar-refractivity contribution is -0.121. The van der Waals surface area contributed by atoms with Gasteiger partial charge in [0, 0.05) is 10.6 Å². The molecule has 3 rings (SSSR count). The van der Waals surface area contributed by atoms with Crippen LogP contribution in [0.3, 0.4) is 0 Å². The molecule has 5 nitrogen and oxygen atoms in total. The van der Waals surface area contributed by atoms with E-state index in [0.29, 0.717) is 6.42 Å². The van der Waals surface area contributed by atoms with Crippen molar-refractivity contribution >= 4 is 17.2 Å². The third kappa shape index (κ3) is 2.60. The summed E-state index contributed by atoms with van der Waals surface area (Å²) in [6, 6.07) is 0.0652. The third-order valence-corrected chi connectivity index (χ3v) is 4.71. The average Bonchev–Trinajstić information content (AvgIpc) is 2.96. The number of aromatic nitrogens is 3. The van der Waals surface area contributed by atoms with E-state index in [9.17, 15) is 4.79 Å². The van der Waals surface area contributed by atoms with Crippen molar-refractivity contribution in [3.63, 3.8) is 0 Å². The van der Waals surface area contributed by atoms with Gasteiger partial charge in [0.2, 0.25) is 5.91 Å². The summed E-state index contributed by atoms with van der Waals surface area (Å²) in [5.74, 6) is 0.0173. The van der Waals surface area contributed by atoms with E-state index in [1.165, 1.54) is 4.88 Å². The Morgan fingerprint density at radius 3 is 3.15 bits per heavy atom. The summed E-state index contributed by atoms with van der Waals surface area (Å²) < 4.78 is 0. The highest BCUT2D eigenvalue weighted by molar-refractivity contribution is 7.11. The standard InChI is InChI=1S/C14H18N4OS/c1-8-11(16-7-15-8)6-13(19)18-10-4-3-5-12-14(10)17-9(2)20-12/h7,10H,3-6H2,1-2H3,(H,15,16)(H,18,19). The molecule has 106 valence electrons. The molecule has 1 aliphatic rings. The van der Waals surface area contributed by atoms with Gasteiger partial charge >= 0.3 is 0 Å². The Morgan fingerprint density at radius 1 is 1.55 bits per heavy atom. The van der Waals surface area contributed by atoms with Crippen LogP contribution in [0.25, 0.3) is 0 Å². The van der Waals surface area contributed by atoms with Crippen LogP contribution < -0.4 is 5.32 Å². The molecular formula is C14H18N4OS. The van der Waals surface area contributed by atoms with Gasteiger partial charge in [-0.3, -0.25) is 4.79 Å². The number of imidazole rings is 1. The summed E-state index contributed by atoms with van der Waals surface area (Å²) >= 11 is 1.75. The van der Waals surface area contributed by atoms with E-state index >= 15 is 0 Å². The molecule has 2 aromatic heterocycles. The van der Waals surface area contributed by atoms with Crippen molar-refractivity contribution in [2.45, 2.75) is 45.6 Å². The van der Waals surface area contributed by atoms with E-state index in [0.717, 1.165) is 41.4 Å². The van der Waals surface area contributed by atoms with E-state index in [1.807, 2.05) is 13.8 Å². The highest BCUT2D eigenvalue weighted by Crippen LogP contribution is 2.32. The number of hydrogen-bond acceptors (Lipinski definition) is 4. The fourth-order valence-electron chi connectivity index (χ4n) is 2.64. The largest absolute Gasteiger partial charge is 0.348 e. The SMILES string of the molecule is Cc1nc2c(s1)CCCC2NC(=O)Cc1nc[nH]c1C. The van der Waals surface area contributed by atoms with Crippen molar-refractivity contribution in [3.8, 4) is 0 Å². The van der Waals surface area contributed by atoms with Gasteiger partial charge in [-0.25, -0.2) is 9.97 Å². The lowest BCUT2D eigenvalue weighted by Gasteiger charge is -2.22. The second kappa shape index (κ2) is 5.36. The molecule has 0 radical (unpaired) electrons. The number of hydrogen-bond donors (Lipinski definition) is 2. The number of thiazole rings is 1. The molecule has 0 saturated heterocycles. The first kappa shape index (κ1) is 13.3. The smallest absolute Gasteiger partial charge is 0.226 e. The zero-order chi connectivity index (χ0) is 14.1. The first-order valence-corrected chi connectivity index (χ1v) is 7.69. The van der Waals surface area contributed by atoms with Crippen LogP contribution in [-0.2, 0) is 17.6 Å². The molecule has 0 aliphatic heterocycles. The van der Waals surface area contributed by atoms with Crippen molar-refractivity contribution < 1.29 is 4.79 Å². The maximum atomic E-state index is 12.2. The predicted molar refractivity (Wildman–Crippen MR) is 77.7 cm³/mol. The van der Waals surface area contributed by atoms with E-state index in [2.05, 4.69) is 20.3 Å². The summed E-state index contributed by atoms with van der Waals surface area (Å²) in [5, 5.41) is 4.19. The van der Waals surface area contributed by atoms with E-state index in [1.54, 1.807) is 17.7 Å². The van der Waals surface area contributed by atoms with Gasteiger partial charge in [-0.2, -0.15) is 0 Å². The van der Waals surface area contributed by atoms with Crippen molar-refractivity contribution in [1.82, 2.24) is 20.3 Å². The normalized spacial score (nSPS) is 17.8. The number of carbonyl (C=O) groups is 1. The molecule has 0 spiro atoms. The van der Waals surface area contributed by atoms with Crippen molar-refractivity contribution in [1.29, 1.82) is 0 Å². The van der Waals surface area contributed by atoms with Crippen LogP contribution in [-0.4, -0.2) is 20.9 Å². The van der Waals surface area contributed by atoms with Gasteiger partial charge in [-0.15, -0.1) is 11.3 Å². The molecular weight excluding hydrogens is 272 g/mol. The molecule has 0 fully saturated rings. The molecule has 20 heavy (non-hydrogen) atoms. The Balaban J connectivity index is 1.69. The van der Waals surface area contributed by atoms with Crippen LogP contribution >= 0.6 is 11.3 Å². The highest BCUT2D eigenvalue weighted by Gasteiger charge is 2.25. The fourth-order valence-corrected chi connectivity index (χ4v) is 3.68. The van der Waals surface area contributed by atoms with Crippen molar-refractivity contribution in [2.75, 3.05) is 0 Å². The number of H-pyrrole nitrogens is 1. The Kier molecular flexibility index (Phi) is 3.56. The predicted octanol–water partition coefficient (Wildman–Crippen LogP) is 2.22. The number of aromatic amines is 1. The first-order valence-electron chi connectivity index (χ1n) is 6.88. The Bertz CT molecular complexity index is 631. The molecule has 6 heteroatoms. The molecule has 1 aliphatic carbocycles. The first-order chi connectivity index (χ1) is 9.63. The Morgan fingerprint density at radius 2 is 2.40 bits per heavy atom. The van der Waals surface area contributed by atoms with Crippen LogP contribution in [0.1, 0.15) is 45.9 Å². The molecule has 0 bridgehead atoms. The van der Waals surface area contributed by atoms with Crippen LogP contribution in [0.5, 0.6) is 0 Å². The zero-order valence-electron chi connectivity index (χ0n) is 11.7. The van der Waals surface area contributed by atoms with Crippen LogP contribution in [0.2, 0.25) is 0 Å². The molecule has 0 aromatic carbocycles. The number of fused-ring (bicyclic) bond motifs is 1. The molecule has 1 atom stereocenters. The fraction of sp³-hybridized carbons (Fsp3) is 0.500. The number of rotatable bonds is 3. The zero-order valence-corrected chi connectivity index (χ0v) is 12.5. The maximum absolute atomic E-state index is 12.2. The average molecular weight is 290 g/mol. The van der Waals surface area contributed by atoms with E-state index < -0.39 is 0 Å². The molecule has 0 saturated carbocycles. The minimum Gasteiger partial charge on any atom is -0.348 e. The van der Waals surface area contributed by atoms with Gasteiger partial charge in [0.15, 0.2) is 0 Å². The van der Waals surface area contributed by atoms with Gasteiger partial charge in [0.1, 0.15) is 0 Å². The second-order valence-electron chi connectivity index (χ2n) is 5.20. The number of aryl methyl sites for hydroxylation is 3. The molecule has 1 amide bonds. The minimum absolute atomic E-state index is 0.0173. The topological polar surface area (TPSA) is 70.7 Å². The maximum Gasteiger partial charge on any atom is 0.226 e. The summed E-state index contributed by atoms with van der Waals surface area (Å²) in [5.41, 5.74) is 2.84. The van der Waals surface area contributed by atoms with Gasteiger partial charge in [-0.05, 0) is 33.1 Å². The Labute approximate surface area is 121 Å².